The normalized spacial score (nSPS) is 18.9. The quantitative estimate of drug-likeness (QED) is 0.0261. The van der Waals surface area contributed by atoms with Crippen LogP contribution in [0.25, 0.3) is 0 Å². The number of carbonyl (C=O) groups excluding carboxylic acids is 1. The predicted octanol–water partition coefficient (Wildman–Crippen LogP) is 19.4. The summed E-state index contributed by atoms with van der Waals surface area (Å²) in [5, 5.41) is 54.7. The first kappa shape index (κ1) is 79.6. The molecule has 6 N–H and O–H groups in total. The maximum Gasteiger partial charge on any atom is 0.220 e. The summed E-state index contributed by atoms with van der Waals surface area (Å²) >= 11 is 0. The van der Waals surface area contributed by atoms with E-state index < -0.39 is 49.5 Å². The summed E-state index contributed by atoms with van der Waals surface area (Å²) in [4.78, 5) is 13.1. The maximum atomic E-state index is 13.1. The van der Waals surface area contributed by atoms with Gasteiger partial charge in [-0.1, -0.05) is 315 Å². The average Bonchev–Trinajstić information content (AvgIpc) is 3.68. The van der Waals surface area contributed by atoms with E-state index in [9.17, 15) is 30.3 Å². The van der Waals surface area contributed by atoms with Gasteiger partial charge in [0.05, 0.1) is 25.4 Å². The van der Waals surface area contributed by atoms with Crippen LogP contribution in [0.2, 0.25) is 0 Å². The first-order valence-corrected chi connectivity index (χ1v) is 35.3. The molecule has 0 radical (unpaired) electrons. The molecule has 1 heterocycles. The minimum absolute atomic E-state index is 0.187. The number of carbonyl (C=O) groups is 1. The number of rotatable bonds is 60. The van der Waals surface area contributed by atoms with Crippen LogP contribution in [0.1, 0.15) is 296 Å². The molecule has 9 nitrogen and oxygen atoms in total. The SMILES string of the molecule is CC/C=C\C/C=C\C/C=C\C/C=C\C/C=C\C/C=C\C/C=C\C/C=C\CCCCCCCCCCCCCCCCCCC(=O)NC(COC1OC(CO)C(O)C(O)C1O)C(O)/C=C/CC/C=C/CCCCCCCCCCCCCCCCC. The molecule has 0 aliphatic carbocycles. The zero-order chi connectivity index (χ0) is 61.4. The highest BCUT2D eigenvalue weighted by Crippen LogP contribution is 2.23. The molecular weight excluding hydrogens is 1050 g/mol. The van der Waals surface area contributed by atoms with Gasteiger partial charge in [-0.3, -0.25) is 4.79 Å². The fourth-order valence-corrected chi connectivity index (χ4v) is 10.5. The van der Waals surface area contributed by atoms with Crippen LogP contribution in [0.4, 0.5) is 0 Å². The number of ether oxygens (including phenoxy) is 2. The van der Waals surface area contributed by atoms with Crippen molar-refractivity contribution < 1.29 is 39.8 Å². The van der Waals surface area contributed by atoms with Crippen LogP contribution in [0.3, 0.4) is 0 Å². The molecule has 1 aliphatic rings. The van der Waals surface area contributed by atoms with Gasteiger partial charge >= 0.3 is 0 Å². The summed E-state index contributed by atoms with van der Waals surface area (Å²) in [5.41, 5.74) is 0. The predicted molar refractivity (Wildman–Crippen MR) is 364 cm³/mol. The van der Waals surface area contributed by atoms with Crippen molar-refractivity contribution in [2.45, 2.75) is 339 Å². The van der Waals surface area contributed by atoms with Gasteiger partial charge in [0.15, 0.2) is 6.29 Å². The highest BCUT2D eigenvalue weighted by atomic mass is 16.7. The maximum absolute atomic E-state index is 13.1. The Bertz CT molecular complexity index is 1760. The van der Waals surface area contributed by atoms with Gasteiger partial charge in [-0.15, -0.1) is 0 Å². The average molecular weight is 1190 g/mol. The second-order valence-corrected chi connectivity index (χ2v) is 23.9. The molecule has 1 saturated heterocycles. The van der Waals surface area contributed by atoms with Crippen LogP contribution in [0.5, 0.6) is 0 Å². The van der Waals surface area contributed by atoms with Crippen molar-refractivity contribution in [1.82, 2.24) is 5.32 Å². The first-order valence-electron chi connectivity index (χ1n) is 35.3. The Morgan fingerprint density at radius 1 is 0.412 bits per heavy atom. The molecule has 85 heavy (non-hydrogen) atoms. The molecule has 1 amide bonds. The van der Waals surface area contributed by atoms with E-state index in [0.717, 1.165) is 89.9 Å². The Labute approximate surface area is 522 Å². The van der Waals surface area contributed by atoms with Crippen LogP contribution < -0.4 is 5.32 Å². The van der Waals surface area contributed by atoms with Gasteiger partial charge < -0.3 is 40.3 Å². The zero-order valence-corrected chi connectivity index (χ0v) is 54.6. The smallest absolute Gasteiger partial charge is 0.220 e. The van der Waals surface area contributed by atoms with E-state index in [1.54, 1.807) is 6.08 Å². The van der Waals surface area contributed by atoms with E-state index in [-0.39, 0.29) is 12.5 Å². The molecule has 0 saturated carbocycles. The Kier molecular flexibility index (Phi) is 59.6. The Balaban J connectivity index is 2.12. The van der Waals surface area contributed by atoms with Crippen molar-refractivity contribution in [3.63, 3.8) is 0 Å². The molecule has 0 aromatic rings. The molecular formula is C76H131NO8. The van der Waals surface area contributed by atoms with Gasteiger partial charge in [0.2, 0.25) is 5.91 Å². The highest BCUT2D eigenvalue weighted by Gasteiger charge is 2.44. The number of aliphatic hydroxyl groups is 5. The standard InChI is InChI=1S/C76H131NO8/c1-3-5-7-9-11-13-15-17-19-21-23-25-26-27-28-29-30-31-32-33-34-35-36-37-38-39-40-41-42-43-44-46-48-50-52-54-56-58-60-62-64-66-72(80)77-69(68-84-76-75(83)74(82)73(81)71(67-78)85-76)70(79)65-63-61-59-57-55-53-51-49-47-45-24-22-20-18-16-14-12-10-8-6-4-2/h5,7,11,13,17,19,23,25,27-28,30-31,33-34,36-37,55,57,63,65,69-71,73-76,78-79,81-83H,3-4,6,8-10,12,14-16,18,20-22,24,26,29,32,35,38-54,56,58-62,64,66-68H2,1-2H3,(H,77,80)/b7-5-,13-11-,19-17-,25-23-,28-27-,31-30-,34-33-,37-36-,57-55+,65-63+. The molecule has 1 fully saturated rings. The van der Waals surface area contributed by atoms with Crippen LogP contribution in [-0.4, -0.2) is 87.5 Å². The minimum atomic E-state index is -1.58. The second-order valence-electron chi connectivity index (χ2n) is 23.9. The van der Waals surface area contributed by atoms with Crippen LogP contribution in [0, 0.1) is 0 Å². The van der Waals surface area contributed by atoms with Gasteiger partial charge in [0, 0.05) is 6.42 Å². The third-order valence-electron chi connectivity index (χ3n) is 16.0. The van der Waals surface area contributed by atoms with Crippen molar-refractivity contribution in [1.29, 1.82) is 0 Å². The molecule has 0 spiro atoms. The number of allylic oxidation sites excluding steroid dienone is 19. The second kappa shape index (κ2) is 63.6. The van der Waals surface area contributed by atoms with E-state index in [1.165, 1.54) is 186 Å². The molecule has 7 unspecified atom stereocenters. The zero-order valence-electron chi connectivity index (χ0n) is 54.6. The van der Waals surface area contributed by atoms with Gasteiger partial charge in [-0.05, 0) is 96.3 Å². The van der Waals surface area contributed by atoms with Gasteiger partial charge in [-0.2, -0.15) is 0 Å². The van der Waals surface area contributed by atoms with E-state index in [4.69, 9.17) is 9.47 Å². The van der Waals surface area contributed by atoms with Gasteiger partial charge in [0.25, 0.3) is 0 Å². The fraction of sp³-hybridized carbons (Fsp3) is 0.724. The largest absolute Gasteiger partial charge is 0.394 e. The number of aliphatic hydroxyl groups excluding tert-OH is 5. The number of nitrogens with one attached hydrogen (secondary N) is 1. The summed E-state index contributed by atoms with van der Waals surface area (Å²) in [7, 11) is 0. The number of amides is 1. The molecule has 0 aromatic heterocycles. The third-order valence-corrected chi connectivity index (χ3v) is 16.0. The summed E-state index contributed by atoms with van der Waals surface area (Å²) in [6.45, 7) is 3.67. The summed E-state index contributed by atoms with van der Waals surface area (Å²) in [6, 6.07) is -0.829. The first-order chi connectivity index (χ1) is 41.8. The minimum Gasteiger partial charge on any atom is -0.394 e. The van der Waals surface area contributed by atoms with Crippen molar-refractivity contribution in [3.05, 3.63) is 122 Å². The lowest BCUT2D eigenvalue weighted by Crippen LogP contribution is -2.60. The third kappa shape index (κ3) is 52.3. The van der Waals surface area contributed by atoms with Crippen molar-refractivity contribution in [3.8, 4) is 0 Å². The fourth-order valence-electron chi connectivity index (χ4n) is 10.5. The molecule has 488 valence electrons. The van der Waals surface area contributed by atoms with Crippen molar-refractivity contribution >= 4 is 5.91 Å². The number of unbranched alkanes of at least 4 members (excludes halogenated alkanes) is 32. The monoisotopic (exact) mass is 1190 g/mol. The van der Waals surface area contributed by atoms with Gasteiger partial charge in [0.1, 0.15) is 24.4 Å². The Hall–Kier alpha value is -3.41. The van der Waals surface area contributed by atoms with E-state index in [1.807, 2.05) is 6.08 Å². The lowest BCUT2D eigenvalue weighted by Gasteiger charge is -2.40. The molecule has 0 bridgehead atoms. The van der Waals surface area contributed by atoms with Gasteiger partial charge in [-0.25, -0.2) is 0 Å². The summed E-state index contributed by atoms with van der Waals surface area (Å²) in [6.07, 6.45) is 88.7. The van der Waals surface area contributed by atoms with E-state index in [0.29, 0.717) is 6.42 Å². The van der Waals surface area contributed by atoms with Crippen molar-refractivity contribution in [2.75, 3.05) is 13.2 Å². The number of hydrogen-bond acceptors (Lipinski definition) is 8. The van der Waals surface area contributed by atoms with E-state index in [2.05, 4.69) is 129 Å². The van der Waals surface area contributed by atoms with Crippen LogP contribution >= 0.6 is 0 Å². The highest BCUT2D eigenvalue weighted by molar-refractivity contribution is 5.76. The molecule has 9 heteroatoms. The molecule has 0 aromatic carbocycles. The Morgan fingerprint density at radius 3 is 1.13 bits per heavy atom. The van der Waals surface area contributed by atoms with E-state index >= 15 is 0 Å². The Morgan fingerprint density at radius 2 is 0.741 bits per heavy atom. The topological polar surface area (TPSA) is 149 Å². The van der Waals surface area contributed by atoms with Crippen LogP contribution in [-0.2, 0) is 14.3 Å². The summed E-state index contributed by atoms with van der Waals surface area (Å²) in [5.74, 6) is -0.187. The summed E-state index contributed by atoms with van der Waals surface area (Å²) < 4.78 is 11.3. The van der Waals surface area contributed by atoms with Crippen molar-refractivity contribution in [2.24, 2.45) is 0 Å². The molecule has 1 aliphatic heterocycles. The number of hydrogen-bond donors (Lipinski definition) is 6. The lowest BCUT2D eigenvalue weighted by molar-refractivity contribution is -0.302. The molecule has 7 atom stereocenters. The molecule has 1 rings (SSSR count). The van der Waals surface area contributed by atoms with Crippen LogP contribution in [0.15, 0.2) is 122 Å². The lowest BCUT2D eigenvalue weighted by atomic mass is 9.99.